The van der Waals surface area contributed by atoms with Gasteiger partial charge in [0.05, 0.1) is 17.4 Å². The third kappa shape index (κ3) is 5.14. The lowest BCUT2D eigenvalue weighted by Gasteiger charge is -2.25. The Morgan fingerprint density at radius 2 is 1.86 bits per heavy atom. The van der Waals surface area contributed by atoms with Crippen LogP contribution in [-0.2, 0) is 24.2 Å². The van der Waals surface area contributed by atoms with E-state index >= 15 is 0 Å². The first-order valence-electron chi connectivity index (χ1n) is 9.83. The molecule has 2 unspecified atom stereocenters. The first-order chi connectivity index (χ1) is 13.7. The van der Waals surface area contributed by atoms with Gasteiger partial charge in [-0.05, 0) is 24.5 Å². The van der Waals surface area contributed by atoms with Crippen molar-refractivity contribution in [3.63, 3.8) is 0 Å². The van der Waals surface area contributed by atoms with Crippen molar-refractivity contribution in [3.8, 4) is 0 Å². The molecule has 9 heteroatoms. The fraction of sp³-hybridized carbons (Fsp3) is 0.550. The number of carbonyl (C=O) groups excluding carboxylic acids is 3. The summed E-state index contributed by atoms with van der Waals surface area (Å²) >= 11 is 0. The van der Waals surface area contributed by atoms with Crippen molar-refractivity contribution in [1.29, 1.82) is 0 Å². The molecule has 29 heavy (non-hydrogen) atoms. The number of para-hydroxylation sites is 1. The van der Waals surface area contributed by atoms with Gasteiger partial charge in [0.15, 0.2) is 9.84 Å². The summed E-state index contributed by atoms with van der Waals surface area (Å²) in [5.41, 5.74) is 0.744. The molecular weight excluding hydrogens is 394 g/mol. The van der Waals surface area contributed by atoms with Gasteiger partial charge in [0.2, 0.25) is 17.7 Å². The Morgan fingerprint density at radius 3 is 2.45 bits per heavy atom. The molecule has 0 radical (unpaired) electrons. The topological polar surface area (TPSA) is 113 Å². The molecule has 0 aliphatic carbocycles. The molecule has 3 amide bonds. The van der Waals surface area contributed by atoms with Crippen molar-refractivity contribution < 1.29 is 22.8 Å². The Kier molecular flexibility index (Phi) is 6.26. The number of nitrogens with one attached hydrogen (secondary N) is 2. The van der Waals surface area contributed by atoms with E-state index in [4.69, 9.17) is 0 Å². The maximum absolute atomic E-state index is 12.8. The predicted molar refractivity (Wildman–Crippen MR) is 109 cm³/mol. The Balaban J connectivity index is 1.61. The van der Waals surface area contributed by atoms with Crippen LogP contribution in [0, 0.1) is 11.8 Å². The quantitative estimate of drug-likeness (QED) is 0.694. The van der Waals surface area contributed by atoms with E-state index in [2.05, 4.69) is 10.6 Å². The Morgan fingerprint density at radius 1 is 1.17 bits per heavy atom. The highest BCUT2D eigenvalue weighted by atomic mass is 32.2. The molecule has 2 N–H and O–H groups in total. The van der Waals surface area contributed by atoms with Crippen LogP contribution in [0.3, 0.4) is 0 Å². The molecule has 0 bridgehead atoms. The van der Waals surface area contributed by atoms with Crippen molar-refractivity contribution in [2.75, 3.05) is 23.0 Å². The first kappa shape index (κ1) is 21.3. The summed E-state index contributed by atoms with van der Waals surface area (Å²) in [4.78, 5) is 39.3. The van der Waals surface area contributed by atoms with Gasteiger partial charge in [0.25, 0.3) is 0 Å². The lowest BCUT2D eigenvalue weighted by molar-refractivity contribution is -0.132. The molecule has 0 aromatic heterocycles. The monoisotopic (exact) mass is 421 g/mol. The zero-order valence-electron chi connectivity index (χ0n) is 16.6. The van der Waals surface area contributed by atoms with Crippen LogP contribution >= 0.6 is 0 Å². The minimum Gasteiger partial charge on any atom is -0.351 e. The van der Waals surface area contributed by atoms with Crippen molar-refractivity contribution in [1.82, 2.24) is 10.6 Å². The molecule has 2 fully saturated rings. The number of rotatable bonds is 6. The van der Waals surface area contributed by atoms with E-state index in [1.165, 1.54) is 0 Å². The second kappa shape index (κ2) is 8.52. The van der Waals surface area contributed by atoms with E-state index in [1.807, 2.05) is 44.2 Å². The number of carbonyl (C=O) groups is 3. The van der Waals surface area contributed by atoms with Crippen LogP contribution in [0.5, 0.6) is 0 Å². The molecule has 3 rings (SSSR count). The second-order valence-electron chi connectivity index (χ2n) is 8.08. The summed E-state index contributed by atoms with van der Waals surface area (Å²) in [6, 6.07) is 7.95. The van der Waals surface area contributed by atoms with Gasteiger partial charge in [-0.3, -0.25) is 14.4 Å². The van der Waals surface area contributed by atoms with Gasteiger partial charge in [-0.15, -0.1) is 0 Å². The second-order valence-corrected chi connectivity index (χ2v) is 10.3. The van der Waals surface area contributed by atoms with Crippen molar-refractivity contribution in [2.45, 2.75) is 38.8 Å². The zero-order chi connectivity index (χ0) is 21.2. The number of sulfone groups is 1. The predicted octanol–water partition coefficient (Wildman–Crippen LogP) is 0.484. The van der Waals surface area contributed by atoms with Gasteiger partial charge in [-0.25, -0.2) is 8.42 Å². The number of hydrogen-bond donors (Lipinski definition) is 2. The van der Waals surface area contributed by atoms with E-state index < -0.39 is 27.8 Å². The van der Waals surface area contributed by atoms with Crippen LogP contribution in [0.15, 0.2) is 30.3 Å². The maximum Gasteiger partial charge on any atom is 0.243 e. The lowest BCUT2D eigenvalue weighted by atomic mass is 10.0. The summed E-state index contributed by atoms with van der Waals surface area (Å²) in [6.45, 7) is 3.89. The molecular formula is C20H27N3O5S. The van der Waals surface area contributed by atoms with E-state index in [9.17, 15) is 22.8 Å². The molecule has 3 atom stereocenters. The van der Waals surface area contributed by atoms with Crippen LogP contribution in [0.1, 0.15) is 26.7 Å². The summed E-state index contributed by atoms with van der Waals surface area (Å²) in [5.74, 6) is -1.58. The minimum absolute atomic E-state index is 0.0656. The molecule has 0 saturated carbocycles. The van der Waals surface area contributed by atoms with Crippen LogP contribution in [-0.4, -0.2) is 56.3 Å². The van der Waals surface area contributed by atoms with Gasteiger partial charge in [-0.2, -0.15) is 0 Å². The first-order valence-corrected chi connectivity index (χ1v) is 11.6. The maximum atomic E-state index is 12.8. The number of anilines is 1. The highest BCUT2D eigenvalue weighted by Crippen LogP contribution is 2.25. The Bertz CT molecular complexity index is 885. The Labute approximate surface area is 170 Å². The average molecular weight is 422 g/mol. The normalized spacial score (nSPS) is 24.5. The fourth-order valence-corrected chi connectivity index (χ4v) is 5.42. The molecule has 2 aliphatic heterocycles. The third-order valence-corrected chi connectivity index (χ3v) is 7.16. The minimum atomic E-state index is -3.11. The fourth-order valence-electron chi connectivity index (χ4n) is 3.75. The van der Waals surface area contributed by atoms with Crippen molar-refractivity contribution in [3.05, 3.63) is 30.3 Å². The van der Waals surface area contributed by atoms with Crippen LogP contribution in [0.4, 0.5) is 5.69 Å². The number of hydrogen-bond acceptors (Lipinski definition) is 5. The number of benzene rings is 1. The molecule has 1 aromatic carbocycles. The van der Waals surface area contributed by atoms with Crippen molar-refractivity contribution in [2.24, 2.45) is 11.8 Å². The standard InChI is InChI=1S/C20H27N3O5S/c1-13(2)18(20(26)21-15-8-9-29(27,28)12-15)22-19(25)14-10-17(24)23(11-14)16-6-4-3-5-7-16/h3-7,13-15,18H,8-12H2,1-2H3,(H,21,26)(H,22,25)/t14?,15?,18-/m1/s1. The zero-order valence-corrected chi connectivity index (χ0v) is 17.4. The molecule has 158 valence electrons. The summed E-state index contributed by atoms with van der Waals surface area (Å²) < 4.78 is 23.2. The van der Waals surface area contributed by atoms with E-state index in [0.29, 0.717) is 6.42 Å². The average Bonchev–Trinajstić information content (AvgIpc) is 3.21. The molecule has 1 aromatic rings. The molecule has 0 spiro atoms. The highest BCUT2D eigenvalue weighted by molar-refractivity contribution is 7.91. The van der Waals surface area contributed by atoms with Gasteiger partial charge in [0.1, 0.15) is 6.04 Å². The summed E-state index contributed by atoms with van der Waals surface area (Å²) in [7, 11) is -3.11. The van der Waals surface area contributed by atoms with Crippen molar-refractivity contribution >= 4 is 33.2 Å². The van der Waals surface area contributed by atoms with Crippen LogP contribution in [0.2, 0.25) is 0 Å². The Hall–Kier alpha value is -2.42. The number of nitrogens with zero attached hydrogens (tertiary/aromatic N) is 1. The van der Waals surface area contributed by atoms with Gasteiger partial charge < -0.3 is 15.5 Å². The SMILES string of the molecule is CC(C)[C@@H](NC(=O)C1CC(=O)N(c2ccccc2)C1)C(=O)NC1CCS(=O)(=O)C1. The van der Waals surface area contributed by atoms with Crippen LogP contribution in [0.25, 0.3) is 0 Å². The van der Waals surface area contributed by atoms with E-state index in [-0.39, 0.29) is 48.1 Å². The van der Waals surface area contributed by atoms with Crippen LogP contribution < -0.4 is 15.5 Å². The van der Waals surface area contributed by atoms with Gasteiger partial charge in [-0.1, -0.05) is 32.0 Å². The molecule has 8 nitrogen and oxygen atoms in total. The van der Waals surface area contributed by atoms with Gasteiger partial charge in [0, 0.05) is 24.7 Å². The number of amides is 3. The largest absolute Gasteiger partial charge is 0.351 e. The molecule has 2 heterocycles. The summed E-state index contributed by atoms with van der Waals surface area (Å²) in [5, 5.41) is 5.51. The van der Waals surface area contributed by atoms with E-state index in [1.54, 1.807) is 4.90 Å². The third-order valence-electron chi connectivity index (χ3n) is 5.39. The van der Waals surface area contributed by atoms with Gasteiger partial charge >= 0.3 is 0 Å². The molecule has 2 aliphatic rings. The highest BCUT2D eigenvalue weighted by Gasteiger charge is 2.38. The smallest absolute Gasteiger partial charge is 0.243 e. The molecule has 2 saturated heterocycles. The lowest BCUT2D eigenvalue weighted by Crippen LogP contribution is -2.53. The van der Waals surface area contributed by atoms with E-state index in [0.717, 1.165) is 5.69 Å². The summed E-state index contributed by atoms with van der Waals surface area (Å²) in [6.07, 6.45) is 0.476.